The number of likely N-dealkylation sites (tertiary alicyclic amines) is 1. The Bertz CT molecular complexity index is 643. The summed E-state index contributed by atoms with van der Waals surface area (Å²) in [5.74, 6) is 1.51. The van der Waals surface area contributed by atoms with Crippen molar-refractivity contribution in [1.29, 1.82) is 0 Å². The molecule has 0 amide bonds. The molecule has 0 spiro atoms. The molecule has 2 bridgehead atoms. The van der Waals surface area contributed by atoms with E-state index in [4.69, 9.17) is 0 Å². The van der Waals surface area contributed by atoms with Gasteiger partial charge in [0.25, 0.3) is 0 Å². The van der Waals surface area contributed by atoms with Crippen LogP contribution < -0.4 is 0 Å². The lowest BCUT2D eigenvalue weighted by molar-refractivity contribution is 0.133. The largest absolute Gasteiger partial charge is 0.298 e. The summed E-state index contributed by atoms with van der Waals surface area (Å²) >= 11 is 0. The maximum Gasteiger partial charge on any atom is 0.0234 e. The van der Waals surface area contributed by atoms with E-state index in [2.05, 4.69) is 71.6 Å². The molecule has 2 unspecified atom stereocenters. The van der Waals surface area contributed by atoms with E-state index in [-0.39, 0.29) is 0 Å². The summed E-state index contributed by atoms with van der Waals surface area (Å²) in [6.45, 7) is 3.56. The van der Waals surface area contributed by atoms with Crippen molar-refractivity contribution in [3.63, 3.8) is 0 Å². The predicted molar refractivity (Wildman–Crippen MR) is 97.0 cm³/mol. The van der Waals surface area contributed by atoms with E-state index < -0.39 is 0 Å². The predicted octanol–water partition coefficient (Wildman–Crippen LogP) is 5.00. The van der Waals surface area contributed by atoms with Crippen LogP contribution in [0.25, 0.3) is 6.08 Å². The van der Waals surface area contributed by atoms with Crippen molar-refractivity contribution < 1.29 is 0 Å². The molecule has 1 saturated heterocycles. The van der Waals surface area contributed by atoms with Crippen LogP contribution in [0.15, 0.2) is 66.2 Å². The molecule has 1 aliphatic heterocycles. The third-order valence-corrected chi connectivity index (χ3v) is 5.39. The van der Waals surface area contributed by atoms with E-state index in [0.717, 1.165) is 18.4 Å². The molecule has 23 heavy (non-hydrogen) atoms. The van der Waals surface area contributed by atoms with E-state index in [1.807, 2.05) is 0 Å². The topological polar surface area (TPSA) is 3.24 Å². The van der Waals surface area contributed by atoms with Crippen molar-refractivity contribution in [3.8, 4) is 0 Å². The van der Waals surface area contributed by atoms with Crippen LogP contribution in [0.1, 0.15) is 30.4 Å². The van der Waals surface area contributed by atoms with Gasteiger partial charge >= 0.3 is 0 Å². The summed E-state index contributed by atoms with van der Waals surface area (Å²) in [6.07, 6.45) is 6.61. The van der Waals surface area contributed by atoms with Crippen LogP contribution in [0.5, 0.6) is 0 Å². The number of nitrogens with zero attached hydrogens (tertiary/aromatic N) is 1. The Balaban J connectivity index is 1.52. The van der Waals surface area contributed by atoms with E-state index >= 15 is 0 Å². The maximum absolute atomic E-state index is 2.67. The first kappa shape index (κ1) is 14.7. The van der Waals surface area contributed by atoms with Crippen LogP contribution in [0.3, 0.4) is 0 Å². The second-order valence-corrected chi connectivity index (χ2v) is 7.06. The number of hydrogen-bond donors (Lipinski definition) is 0. The van der Waals surface area contributed by atoms with Crippen LogP contribution in [0.4, 0.5) is 0 Å². The Morgan fingerprint density at radius 3 is 2.09 bits per heavy atom. The Hall–Kier alpha value is -1.86. The smallest absolute Gasteiger partial charge is 0.0234 e. The maximum atomic E-state index is 2.67. The monoisotopic (exact) mass is 303 g/mol. The Morgan fingerprint density at radius 1 is 0.826 bits per heavy atom. The van der Waals surface area contributed by atoms with Gasteiger partial charge in [-0.2, -0.15) is 0 Å². The third-order valence-electron chi connectivity index (χ3n) is 5.39. The summed E-state index contributed by atoms with van der Waals surface area (Å²) in [7, 11) is 0. The van der Waals surface area contributed by atoms with E-state index in [1.165, 1.54) is 43.5 Å². The van der Waals surface area contributed by atoms with Gasteiger partial charge in [0.05, 0.1) is 0 Å². The fourth-order valence-electron chi connectivity index (χ4n) is 4.32. The lowest BCUT2D eigenvalue weighted by Crippen LogP contribution is -2.43. The molecule has 0 N–H and O–H groups in total. The molecule has 4 rings (SSSR count). The molecule has 1 heteroatoms. The lowest BCUT2D eigenvalue weighted by atomic mass is 9.72. The van der Waals surface area contributed by atoms with Crippen LogP contribution >= 0.6 is 0 Å². The number of hydrogen-bond acceptors (Lipinski definition) is 1. The average Bonchev–Trinajstić information content (AvgIpc) is 2.57. The molecule has 2 aromatic rings. The zero-order valence-electron chi connectivity index (χ0n) is 13.7. The van der Waals surface area contributed by atoms with Gasteiger partial charge in [0.15, 0.2) is 0 Å². The van der Waals surface area contributed by atoms with Crippen LogP contribution in [-0.4, -0.2) is 18.0 Å². The highest BCUT2D eigenvalue weighted by molar-refractivity contribution is 5.54. The first-order valence-corrected chi connectivity index (χ1v) is 8.91. The summed E-state index contributed by atoms with van der Waals surface area (Å²) in [5, 5.41) is 0. The van der Waals surface area contributed by atoms with Crippen molar-refractivity contribution in [2.24, 2.45) is 11.8 Å². The van der Waals surface area contributed by atoms with Gasteiger partial charge in [0, 0.05) is 19.6 Å². The Labute approximate surface area is 139 Å². The molecule has 118 valence electrons. The highest BCUT2D eigenvalue weighted by Crippen LogP contribution is 2.40. The van der Waals surface area contributed by atoms with Gasteiger partial charge in [-0.25, -0.2) is 0 Å². The van der Waals surface area contributed by atoms with E-state index in [1.54, 1.807) is 5.57 Å². The first-order valence-electron chi connectivity index (χ1n) is 8.91. The zero-order valence-corrected chi connectivity index (χ0v) is 13.7. The molecule has 2 aromatic carbocycles. The van der Waals surface area contributed by atoms with Crippen LogP contribution in [0, 0.1) is 11.8 Å². The minimum atomic E-state index is 0.756. The van der Waals surface area contributed by atoms with Gasteiger partial charge in [0.2, 0.25) is 0 Å². The summed E-state index contributed by atoms with van der Waals surface area (Å²) in [6, 6.07) is 21.8. The molecular weight excluding hydrogens is 278 g/mol. The minimum Gasteiger partial charge on any atom is -0.298 e. The molecule has 0 aromatic heterocycles. The standard InChI is InChI=1S/C22H25N/c1-3-8-18(9-4-1)14-22-20-12-7-13-21(22)17-23(16-20)15-19-10-5-2-6-11-19/h1-6,8-11,14,20-21H,7,12-13,15-17H2. The first-order chi connectivity index (χ1) is 11.4. The second kappa shape index (κ2) is 6.72. The molecule has 2 atom stereocenters. The Kier molecular flexibility index (Phi) is 4.30. The SMILES string of the molecule is C(=C1C2CCCC1CN(Cc1ccccc1)C2)c1ccccc1. The quantitative estimate of drug-likeness (QED) is 0.771. The molecule has 2 aliphatic rings. The molecule has 1 aliphatic carbocycles. The lowest BCUT2D eigenvalue weighted by Gasteiger charge is -2.44. The van der Waals surface area contributed by atoms with Gasteiger partial charge in [-0.1, -0.05) is 78.7 Å². The number of fused-ring (bicyclic) bond motifs is 2. The van der Waals surface area contributed by atoms with Crippen LogP contribution in [-0.2, 0) is 6.54 Å². The van der Waals surface area contributed by atoms with E-state index in [9.17, 15) is 0 Å². The molecule has 1 nitrogen and oxygen atoms in total. The highest BCUT2D eigenvalue weighted by Gasteiger charge is 2.34. The van der Waals surface area contributed by atoms with Gasteiger partial charge < -0.3 is 0 Å². The number of benzene rings is 2. The highest BCUT2D eigenvalue weighted by atomic mass is 15.1. The fraction of sp³-hybridized carbons (Fsp3) is 0.364. The van der Waals surface area contributed by atoms with Crippen molar-refractivity contribution in [3.05, 3.63) is 77.4 Å². The molecule has 1 saturated carbocycles. The summed E-state index contributed by atoms with van der Waals surface area (Å²) in [5.41, 5.74) is 4.53. The molecule has 2 fully saturated rings. The van der Waals surface area contributed by atoms with Gasteiger partial charge in [-0.3, -0.25) is 4.90 Å². The molecular formula is C22H25N. The summed E-state index contributed by atoms with van der Waals surface area (Å²) < 4.78 is 0. The van der Waals surface area contributed by atoms with Crippen molar-refractivity contribution >= 4 is 6.08 Å². The van der Waals surface area contributed by atoms with Crippen molar-refractivity contribution in [1.82, 2.24) is 4.90 Å². The third kappa shape index (κ3) is 3.40. The fourth-order valence-corrected chi connectivity index (χ4v) is 4.32. The molecule has 0 radical (unpaired) electrons. The average molecular weight is 303 g/mol. The van der Waals surface area contributed by atoms with Gasteiger partial charge in [0.1, 0.15) is 0 Å². The molecule has 1 heterocycles. The Morgan fingerprint density at radius 2 is 1.43 bits per heavy atom. The minimum absolute atomic E-state index is 0.756. The number of rotatable bonds is 3. The van der Waals surface area contributed by atoms with Crippen molar-refractivity contribution in [2.75, 3.05) is 13.1 Å². The second-order valence-electron chi connectivity index (χ2n) is 7.06. The van der Waals surface area contributed by atoms with Crippen molar-refractivity contribution in [2.45, 2.75) is 25.8 Å². The van der Waals surface area contributed by atoms with Crippen LogP contribution in [0.2, 0.25) is 0 Å². The number of piperidine rings is 1. The van der Waals surface area contributed by atoms with E-state index in [0.29, 0.717) is 0 Å². The van der Waals surface area contributed by atoms with Gasteiger partial charge in [-0.15, -0.1) is 0 Å². The van der Waals surface area contributed by atoms with Gasteiger partial charge in [-0.05, 0) is 35.8 Å². The zero-order chi connectivity index (χ0) is 15.5. The summed E-state index contributed by atoms with van der Waals surface area (Å²) in [4.78, 5) is 2.67. The normalized spacial score (nSPS) is 24.4.